The lowest BCUT2D eigenvalue weighted by atomic mass is 10.3. The molecule has 0 saturated heterocycles. The summed E-state index contributed by atoms with van der Waals surface area (Å²) in [6, 6.07) is 11.7. The number of nitrogens with zero attached hydrogens (tertiary/aromatic N) is 3. The molecule has 0 atom stereocenters. The van der Waals surface area contributed by atoms with Crippen LogP contribution in [0.25, 0.3) is 11.5 Å². The van der Waals surface area contributed by atoms with Crippen molar-refractivity contribution in [1.82, 2.24) is 15.1 Å². The van der Waals surface area contributed by atoms with E-state index in [1.54, 1.807) is 36.5 Å². The molecule has 5 nitrogen and oxygen atoms in total. The second-order valence-electron chi connectivity index (χ2n) is 3.74. The summed E-state index contributed by atoms with van der Waals surface area (Å²) in [5, 5.41) is 6.50. The minimum absolute atomic E-state index is 0.116. The second-order valence-corrected chi connectivity index (χ2v) is 3.74. The summed E-state index contributed by atoms with van der Waals surface area (Å²) in [6.07, 6.45) is 1.63. The number of hydrogen-bond acceptors (Lipinski definition) is 5. The topological polar surface area (TPSA) is 63.8 Å². The Hall–Kier alpha value is -2.76. The van der Waals surface area contributed by atoms with Crippen LogP contribution < -0.4 is 5.32 Å². The van der Waals surface area contributed by atoms with Crippen LogP contribution in [-0.4, -0.2) is 15.1 Å². The average Bonchev–Trinajstić information content (AvgIpc) is 2.91. The molecule has 2 aromatic heterocycles. The quantitative estimate of drug-likeness (QED) is 0.780. The van der Waals surface area contributed by atoms with Gasteiger partial charge in [0.25, 0.3) is 0 Å². The van der Waals surface area contributed by atoms with E-state index in [0.717, 1.165) is 0 Å². The number of anilines is 2. The summed E-state index contributed by atoms with van der Waals surface area (Å²) in [7, 11) is 0. The number of pyridine rings is 1. The molecule has 0 aliphatic carbocycles. The number of nitrogens with one attached hydrogen (secondary N) is 1. The van der Waals surface area contributed by atoms with Gasteiger partial charge in [0.15, 0.2) is 0 Å². The zero-order chi connectivity index (χ0) is 13.1. The highest BCUT2D eigenvalue weighted by Crippen LogP contribution is 2.20. The molecule has 0 bridgehead atoms. The van der Waals surface area contributed by atoms with Gasteiger partial charge in [-0.2, -0.15) is 4.98 Å². The van der Waals surface area contributed by atoms with Gasteiger partial charge in [-0.1, -0.05) is 23.4 Å². The Labute approximate surface area is 108 Å². The Kier molecular flexibility index (Phi) is 2.89. The van der Waals surface area contributed by atoms with Crippen LogP contribution in [0.5, 0.6) is 0 Å². The lowest BCUT2D eigenvalue weighted by Gasteiger charge is -2.00. The Morgan fingerprint density at radius 2 is 1.89 bits per heavy atom. The molecule has 0 amide bonds. The molecule has 0 unspecified atom stereocenters. The van der Waals surface area contributed by atoms with Crippen molar-refractivity contribution in [3.05, 3.63) is 54.5 Å². The van der Waals surface area contributed by atoms with E-state index in [1.165, 1.54) is 6.07 Å². The molecular formula is C13H9FN4O. The smallest absolute Gasteiger partial charge is 0.315 e. The predicted molar refractivity (Wildman–Crippen MR) is 67.2 cm³/mol. The molecule has 3 aromatic rings. The van der Waals surface area contributed by atoms with Gasteiger partial charge in [0.05, 0.1) is 5.69 Å². The summed E-state index contributed by atoms with van der Waals surface area (Å²) >= 11 is 0. The van der Waals surface area contributed by atoms with Crippen LogP contribution in [0.15, 0.2) is 53.2 Å². The van der Waals surface area contributed by atoms with Gasteiger partial charge in [0.2, 0.25) is 5.82 Å². The normalized spacial score (nSPS) is 10.4. The van der Waals surface area contributed by atoms with E-state index >= 15 is 0 Å². The zero-order valence-electron chi connectivity index (χ0n) is 9.75. The maximum absolute atomic E-state index is 13.4. The molecule has 94 valence electrons. The van der Waals surface area contributed by atoms with Crippen LogP contribution >= 0.6 is 0 Å². The van der Waals surface area contributed by atoms with Crippen molar-refractivity contribution in [3.8, 4) is 11.5 Å². The van der Waals surface area contributed by atoms with E-state index in [2.05, 4.69) is 20.4 Å². The molecule has 6 heteroatoms. The summed E-state index contributed by atoms with van der Waals surface area (Å²) in [6.45, 7) is 0. The fourth-order valence-corrected chi connectivity index (χ4v) is 1.55. The first-order chi connectivity index (χ1) is 9.33. The number of aromatic nitrogens is 3. The molecule has 0 fully saturated rings. The van der Waals surface area contributed by atoms with Gasteiger partial charge >= 0.3 is 6.01 Å². The van der Waals surface area contributed by atoms with E-state index < -0.39 is 0 Å². The fourth-order valence-electron chi connectivity index (χ4n) is 1.55. The highest BCUT2D eigenvalue weighted by atomic mass is 19.1. The van der Waals surface area contributed by atoms with Crippen molar-refractivity contribution in [3.63, 3.8) is 0 Å². The monoisotopic (exact) mass is 256 g/mol. The van der Waals surface area contributed by atoms with Gasteiger partial charge in [0.1, 0.15) is 11.5 Å². The van der Waals surface area contributed by atoms with Crippen LogP contribution in [0.2, 0.25) is 0 Å². The minimum atomic E-state index is -0.389. The van der Waals surface area contributed by atoms with Crippen molar-refractivity contribution >= 4 is 11.7 Å². The van der Waals surface area contributed by atoms with Crippen molar-refractivity contribution in [2.75, 3.05) is 5.32 Å². The maximum atomic E-state index is 13.4. The molecule has 0 saturated carbocycles. The standard InChI is InChI=1S/C13H9FN4O/c14-9-5-1-2-6-10(9)16-13-17-12(18-19-13)11-7-3-4-8-15-11/h1-8H,(H,16,17,18). The highest BCUT2D eigenvalue weighted by Gasteiger charge is 2.10. The molecule has 0 aliphatic rings. The first kappa shape index (κ1) is 11.3. The maximum Gasteiger partial charge on any atom is 0.326 e. The van der Waals surface area contributed by atoms with Crippen LogP contribution in [0.3, 0.4) is 0 Å². The highest BCUT2D eigenvalue weighted by molar-refractivity contribution is 5.55. The third-order valence-electron chi connectivity index (χ3n) is 2.44. The Morgan fingerprint density at radius 3 is 2.68 bits per heavy atom. The van der Waals surface area contributed by atoms with Crippen molar-refractivity contribution in [1.29, 1.82) is 0 Å². The molecule has 0 spiro atoms. The van der Waals surface area contributed by atoms with E-state index in [4.69, 9.17) is 4.52 Å². The van der Waals surface area contributed by atoms with Gasteiger partial charge < -0.3 is 9.84 Å². The van der Waals surface area contributed by atoms with Crippen LogP contribution in [0.4, 0.5) is 16.1 Å². The Bertz CT molecular complexity index is 684. The number of benzene rings is 1. The fraction of sp³-hybridized carbons (Fsp3) is 0. The third kappa shape index (κ3) is 2.42. The first-order valence-electron chi connectivity index (χ1n) is 5.59. The predicted octanol–water partition coefficient (Wildman–Crippen LogP) is 3.01. The number of hydrogen-bond donors (Lipinski definition) is 1. The summed E-state index contributed by atoms with van der Waals surface area (Å²) < 4.78 is 18.4. The summed E-state index contributed by atoms with van der Waals surface area (Å²) in [5.74, 6) is -0.0421. The van der Waals surface area contributed by atoms with Gasteiger partial charge in [-0.3, -0.25) is 4.98 Å². The first-order valence-corrected chi connectivity index (χ1v) is 5.59. The van der Waals surface area contributed by atoms with Crippen molar-refractivity contribution in [2.45, 2.75) is 0 Å². The van der Waals surface area contributed by atoms with Gasteiger partial charge in [-0.25, -0.2) is 4.39 Å². The van der Waals surface area contributed by atoms with Crippen molar-refractivity contribution in [2.24, 2.45) is 0 Å². The van der Waals surface area contributed by atoms with Gasteiger partial charge in [0, 0.05) is 6.20 Å². The van der Waals surface area contributed by atoms with E-state index in [1.807, 2.05) is 6.07 Å². The van der Waals surface area contributed by atoms with E-state index in [9.17, 15) is 4.39 Å². The second kappa shape index (κ2) is 4.85. The van der Waals surface area contributed by atoms with E-state index in [0.29, 0.717) is 11.5 Å². The molecule has 19 heavy (non-hydrogen) atoms. The molecule has 0 aliphatic heterocycles. The molecule has 3 rings (SSSR count). The average molecular weight is 256 g/mol. The lowest BCUT2D eigenvalue weighted by molar-refractivity contribution is 0.434. The Morgan fingerprint density at radius 1 is 1.05 bits per heavy atom. The number of rotatable bonds is 3. The Balaban J connectivity index is 1.85. The largest absolute Gasteiger partial charge is 0.326 e. The van der Waals surface area contributed by atoms with Crippen molar-refractivity contribution < 1.29 is 8.91 Å². The van der Waals surface area contributed by atoms with Gasteiger partial charge in [-0.05, 0) is 24.3 Å². The zero-order valence-corrected chi connectivity index (χ0v) is 9.75. The van der Waals surface area contributed by atoms with E-state index in [-0.39, 0.29) is 17.5 Å². The van der Waals surface area contributed by atoms with Crippen LogP contribution in [0.1, 0.15) is 0 Å². The SMILES string of the molecule is Fc1ccccc1Nc1nc(-c2ccccn2)no1. The number of halogens is 1. The van der Waals surface area contributed by atoms with Crippen LogP contribution in [0, 0.1) is 5.82 Å². The lowest BCUT2D eigenvalue weighted by Crippen LogP contribution is -1.93. The molecule has 0 radical (unpaired) electrons. The van der Waals surface area contributed by atoms with Crippen LogP contribution in [-0.2, 0) is 0 Å². The minimum Gasteiger partial charge on any atom is -0.315 e. The molecule has 2 heterocycles. The summed E-state index contributed by atoms with van der Waals surface area (Å²) in [4.78, 5) is 8.20. The third-order valence-corrected chi connectivity index (χ3v) is 2.44. The van der Waals surface area contributed by atoms with Gasteiger partial charge in [-0.15, -0.1) is 0 Å². The molecule has 1 N–H and O–H groups in total. The number of para-hydroxylation sites is 1. The molecular weight excluding hydrogens is 247 g/mol. The molecule has 1 aromatic carbocycles. The summed E-state index contributed by atoms with van der Waals surface area (Å²) in [5.41, 5.74) is 0.867.